The van der Waals surface area contributed by atoms with Gasteiger partial charge in [0.25, 0.3) is 5.69 Å². The zero-order valence-corrected chi connectivity index (χ0v) is 9.59. The molecule has 0 unspecified atom stereocenters. The summed E-state index contributed by atoms with van der Waals surface area (Å²) in [6, 6.07) is 7.83. The molecule has 98 valence electrons. The van der Waals surface area contributed by atoms with Gasteiger partial charge < -0.3 is 5.11 Å². The van der Waals surface area contributed by atoms with Gasteiger partial charge in [-0.05, 0) is 23.8 Å². The van der Waals surface area contributed by atoms with Crippen LogP contribution < -0.4 is 0 Å². The average molecular weight is 265 g/mol. The third-order valence-electron chi connectivity index (χ3n) is 2.65. The van der Waals surface area contributed by atoms with Crippen LogP contribution in [-0.4, -0.2) is 10.0 Å². The first-order chi connectivity index (χ1) is 8.99. The number of aliphatic hydroxyl groups excluding tert-OH is 1. The summed E-state index contributed by atoms with van der Waals surface area (Å²) in [4.78, 5) is 9.93. The van der Waals surface area contributed by atoms with Crippen molar-refractivity contribution in [2.45, 2.75) is 6.10 Å². The lowest BCUT2D eigenvalue weighted by molar-refractivity contribution is -0.385. The normalized spacial score (nSPS) is 12.2. The topological polar surface area (TPSA) is 63.4 Å². The van der Waals surface area contributed by atoms with Crippen molar-refractivity contribution in [3.8, 4) is 0 Å². The lowest BCUT2D eigenvalue weighted by atomic mass is 10.0. The molecule has 2 aromatic rings. The van der Waals surface area contributed by atoms with Gasteiger partial charge in [0.15, 0.2) is 0 Å². The summed E-state index contributed by atoms with van der Waals surface area (Å²) in [7, 11) is 0. The molecular weight excluding hydrogens is 256 g/mol. The molecule has 1 N–H and O–H groups in total. The Morgan fingerprint density at radius 3 is 2.53 bits per heavy atom. The second kappa shape index (κ2) is 5.11. The Hall–Kier alpha value is -2.34. The van der Waals surface area contributed by atoms with Gasteiger partial charge in [-0.2, -0.15) is 0 Å². The van der Waals surface area contributed by atoms with Crippen molar-refractivity contribution < 1.29 is 18.8 Å². The monoisotopic (exact) mass is 265 g/mol. The molecule has 0 saturated carbocycles. The zero-order valence-electron chi connectivity index (χ0n) is 9.59. The first kappa shape index (κ1) is 13.1. The number of nitrogens with zero attached hydrogens (tertiary/aromatic N) is 1. The molecule has 0 aliphatic rings. The maximum Gasteiger partial charge on any atom is 0.270 e. The van der Waals surface area contributed by atoms with E-state index < -0.39 is 22.7 Å². The van der Waals surface area contributed by atoms with E-state index in [-0.39, 0.29) is 16.8 Å². The molecule has 0 radical (unpaired) electrons. The first-order valence-electron chi connectivity index (χ1n) is 5.36. The largest absolute Gasteiger partial charge is 0.384 e. The Morgan fingerprint density at radius 2 is 1.89 bits per heavy atom. The molecule has 0 aliphatic heterocycles. The van der Waals surface area contributed by atoms with Crippen LogP contribution in [0.2, 0.25) is 0 Å². The van der Waals surface area contributed by atoms with Crippen molar-refractivity contribution >= 4 is 5.69 Å². The molecule has 19 heavy (non-hydrogen) atoms. The summed E-state index contributed by atoms with van der Waals surface area (Å²) in [5.74, 6) is -1.37. The van der Waals surface area contributed by atoms with Crippen LogP contribution in [0.15, 0.2) is 42.5 Å². The molecule has 6 heteroatoms. The highest BCUT2D eigenvalue weighted by atomic mass is 19.1. The Labute approximate surface area is 107 Å². The fraction of sp³-hybridized carbons (Fsp3) is 0.0769. The molecule has 0 saturated heterocycles. The predicted octanol–water partition coefficient (Wildman–Crippen LogP) is 2.95. The van der Waals surface area contributed by atoms with Gasteiger partial charge in [0.05, 0.1) is 4.92 Å². The first-order valence-corrected chi connectivity index (χ1v) is 5.36. The quantitative estimate of drug-likeness (QED) is 0.685. The van der Waals surface area contributed by atoms with Crippen molar-refractivity contribution in [2.24, 2.45) is 0 Å². The number of hydrogen-bond donors (Lipinski definition) is 1. The molecule has 0 bridgehead atoms. The lowest BCUT2D eigenvalue weighted by Gasteiger charge is -2.12. The van der Waals surface area contributed by atoms with E-state index in [0.29, 0.717) is 0 Å². The van der Waals surface area contributed by atoms with Crippen molar-refractivity contribution in [3.05, 3.63) is 75.3 Å². The molecule has 0 heterocycles. The van der Waals surface area contributed by atoms with Crippen LogP contribution in [-0.2, 0) is 0 Å². The molecular formula is C13H9F2NO3. The minimum atomic E-state index is -1.46. The van der Waals surface area contributed by atoms with E-state index in [0.717, 1.165) is 24.3 Å². The van der Waals surface area contributed by atoms with Crippen molar-refractivity contribution in [3.63, 3.8) is 0 Å². The average Bonchev–Trinajstić information content (AvgIpc) is 2.38. The Kier molecular flexibility index (Phi) is 3.52. The third kappa shape index (κ3) is 2.74. The number of hydrogen-bond acceptors (Lipinski definition) is 3. The summed E-state index contributed by atoms with van der Waals surface area (Å²) >= 11 is 0. The van der Waals surface area contributed by atoms with Crippen molar-refractivity contribution in [2.75, 3.05) is 0 Å². The number of benzene rings is 2. The van der Waals surface area contributed by atoms with E-state index in [4.69, 9.17) is 0 Å². The van der Waals surface area contributed by atoms with E-state index in [1.165, 1.54) is 18.2 Å². The Balaban J connectivity index is 2.46. The smallest absolute Gasteiger partial charge is 0.270 e. The van der Waals surface area contributed by atoms with Crippen LogP contribution in [0.5, 0.6) is 0 Å². The Morgan fingerprint density at radius 1 is 1.16 bits per heavy atom. The Bertz CT molecular complexity index is 631. The van der Waals surface area contributed by atoms with Gasteiger partial charge in [-0.25, -0.2) is 8.78 Å². The second-order valence-electron chi connectivity index (χ2n) is 3.92. The van der Waals surface area contributed by atoms with Crippen LogP contribution in [0, 0.1) is 21.7 Å². The third-order valence-corrected chi connectivity index (χ3v) is 2.65. The van der Waals surface area contributed by atoms with Crippen LogP contribution in [0.25, 0.3) is 0 Å². The van der Waals surface area contributed by atoms with Crippen molar-refractivity contribution in [1.29, 1.82) is 0 Å². The SMILES string of the molecule is O=[N+]([O-])c1ccc(F)c([C@@H](O)c2cccc(F)c2)c1. The molecule has 4 nitrogen and oxygen atoms in total. The molecule has 1 atom stereocenters. The van der Waals surface area contributed by atoms with E-state index in [9.17, 15) is 24.0 Å². The summed E-state index contributed by atoms with van der Waals surface area (Å²) in [5, 5.41) is 20.6. The minimum Gasteiger partial charge on any atom is -0.384 e. The van der Waals surface area contributed by atoms with E-state index in [2.05, 4.69) is 0 Å². The predicted molar refractivity (Wildman–Crippen MR) is 63.5 cm³/mol. The summed E-state index contributed by atoms with van der Waals surface area (Å²) < 4.78 is 26.6. The highest BCUT2D eigenvalue weighted by Crippen LogP contribution is 2.27. The maximum absolute atomic E-state index is 13.6. The van der Waals surface area contributed by atoms with E-state index in [1.54, 1.807) is 0 Å². The number of halogens is 2. The molecule has 0 aliphatic carbocycles. The van der Waals surface area contributed by atoms with Gasteiger partial charge in [-0.3, -0.25) is 10.1 Å². The fourth-order valence-corrected chi connectivity index (χ4v) is 1.71. The highest BCUT2D eigenvalue weighted by Gasteiger charge is 2.19. The van der Waals surface area contributed by atoms with Crippen LogP contribution in [0.4, 0.5) is 14.5 Å². The summed E-state index contributed by atoms with van der Waals surface area (Å²) in [6.45, 7) is 0. The van der Waals surface area contributed by atoms with E-state index in [1.807, 2.05) is 0 Å². The van der Waals surface area contributed by atoms with Crippen LogP contribution >= 0.6 is 0 Å². The standard InChI is InChI=1S/C13H9F2NO3/c14-9-3-1-2-8(6-9)13(17)11-7-10(16(18)19)4-5-12(11)15/h1-7,13,17H/t13-/m0/s1. The molecule has 0 fully saturated rings. The van der Waals surface area contributed by atoms with Gasteiger partial charge in [0.1, 0.15) is 17.7 Å². The second-order valence-corrected chi connectivity index (χ2v) is 3.92. The molecule has 0 aromatic heterocycles. The zero-order chi connectivity index (χ0) is 14.0. The number of aliphatic hydroxyl groups is 1. The highest BCUT2D eigenvalue weighted by molar-refractivity contribution is 5.40. The van der Waals surface area contributed by atoms with Gasteiger partial charge >= 0.3 is 0 Å². The molecule has 0 spiro atoms. The maximum atomic E-state index is 13.6. The van der Waals surface area contributed by atoms with Crippen LogP contribution in [0.1, 0.15) is 17.2 Å². The summed E-state index contributed by atoms with van der Waals surface area (Å²) in [5.41, 5.74) is -0.481. The minimum absolute atomic E-state index is 0.124. The summed E-state index contributed by atoms with van der Waals surface area (Å²) in [6.07, 6.45) is -1.46. The fourth-order valence-electron chi connectivity index (χ4n) is 1.71. The number of nitro groups is 1. The lowest BCUT2D eigenvalue weighted by Crippen LogP contribution is -2.04. The van der Waals surface area contributed by atoms with Gasteiger partial charge in [0, 0.05) is 17.7 Å². The van der Waals surface area contributed by atoms with E-state index >= 15 is 0 Å². The van der Waals surface area contributed by atoms with Crippen molar-refractivity contribution in [1.82, 2.24) is 0 Å². The molecule has 2 rings (SSSR count). The molecule has 2 aromatic carbocycles. The molecule has 0 amide bonds. The van der Waals surface area contributed by atoms with Gasteiger partial charge in [0.2, 0.25) is 0 Å². The number of nitro benzene ring substituents is 1. The van der Waals surface area contributed by atoms with Gasteiger partial charge in [-0.15, -0.1) is 0 Å². The van der Waals surface area contributed by atoms with Gasteiger partial charge in [-0.1, -0.05) is 12.1 Å². The van der Waals surface area contributed by atoms with Crippen LogP contribution in [0.3, 0.4) is 0 Å². The number of rotatable bonds is 3. The number of non-ortho nitro benzene ring substituents is 1.